The van der Waals surface area contributed by atoms with E-state index in [1.807, 2.05) is 16.6 Å². The van der Waals surface area contributed by atoms with Gasteiger partial charge in [-0.15, -0.1) is 0 Å². The van der Waals surface area contributed by atoms with Gasteiger partial charge in [0.25, 0.3) is 0 Å². The first-order valence-electron chi connectivity index (χ1n) is 4.65. The van der Waals surface area contributed by atoms with Gasteiger partial charge in [0.1, 0.15) is 0 Å². The second kappa shape index (κ2) is 6.31. The first kappa shape index (κ1) is 11.9. The molecule has 0 aliphatic carbocycles. The highest BCUT2D eigenvalue weighted by Crippen LogP contribution is 2.04. The van der Waals surface area contributed by atoms with E-state index in [4.69, 9.17) is 15.8 Å². The third-order valence-electron chi connectivity index (χ3n) is 2.10. The van der Waals surface area contributed by atoms with Crippen molar-refractivity contribution in [1.29, 1.82) is 5.26 Å². The number of carbonyl (C=O) groups excluding carboxylic acids is 1. The van der Waals surface area contributed by atoms with Gasteiger partial charge in [0.15, 0.2) is 6.10 Å². The van der Waals surface area contributed by atoms with Crippen molar-refractivity contribution in [3.63, 3.8) is 0 Å². The standard InChI is InChI=1S/C8H14N4O3/c9-5-7-6-12(3-4-14-7)2-1-8(13)15-11-10/h7,11H,1-4,6,10H2. The van der Waals surface area contributed by atoms with Gasteiger partial charge < -0.3 is 9.57 Å². The summed E-state index contributed by atoms with van der Waals surface area (Å²) >= 11 is 0. The average Bonchev–Trinajstić information content (AvgIpc) is 2.27. The molecule has 0 amide bonds. The Bertz CT molecular complexity index is 253. The molecule has 0 aromatic rings. The van der Waals surface area contributed by atoms with Gasteiger partial charge in [-0.2, -0.15) is 5.26 Å². The van der Waals surface area contributed by atoms with Crippen molar-refractivity contribution in [3.8, 4) is 6.07 Å². The van der Waals surface area contributed by atoms with Crippen LogP contribution in [0.3, 0.4) is 0 Å². The van der Waals surface area contributed by atoms with Gasteiger partial charge in [-0.25, -0.2) is 5.84 Å². The lowest BCUT2D eigenvalue weighted by Gasteiger charge is -2.29. The normalized spacial score (nSPS) is 22.0. The third-order valence-corrected chi connectivity index (χ3v) is 2.10. The largest absolute Gasteiger partial charge is 0.361 e. The Morgan fingerprint density at radius 1 is 1.80 bits per heavy atom. The van der Waals surface area contributed by atoms with Crippen LogP contribution in [0.4, 0.5) is 0 Å². The van der Waals surface area contributed by atoms with Crippen LogP contribution in [-0.4, -0.2) is 43.2 Å². The molecule has 1 aliphatic heterocycles. The Kier molecular flexibility index (Phi) is 5.00. The van der Waals surface area contributed by atoms with Crippen molar-refractivity contribution in [3.05, 3.63) is 0 Å². The molecule has 7 nitrogen and oxygen atoms in total. The van der Waals surface area contributed by atoms with Crippen LogP contribution >= 0.6 is 0 Å². The fourth-order valence-corrected chi connectivity index (χ4v) is 1.35. The summed E-state index contributed by atoms with van der Waals surface area (Å²) in [6.07, 6.45) is -0.162. The predicted octanol–water partition coefficient (Wildman–Crippen LogP) is -1.48. The van der Waals surface area contributed by atoms with Crippen molar-refractivity contribution in [2.45, 2.75) is 12.5 Å². The van der Waals surface area contributed by atoms with Crippen LogP contribution in [0.1, 0.15) is 6.42 Å². The van der Waals surface area contributed by atoms with Gasteiger partial charge in [0, 0.05) is 19.6 Å². The molecule has 1 saturated heterocycles. The van der Waals surface area contributed by atoms with Crippen LogP contribution < -0.4 is 11.4 Å². The van der Waals surface area contributed by atoms with E-state index in [2.05, 4.69) is 4.84 Å². The fraction of sp³-hybridized carbons (Fsp3) is 0.750. The Morgan fingerprint density at radius 2 is 2.60 bits per heavy atom. The number of carbonyl (C=O) groups is 1. The molecule has 1 fully saturated rings. The lowest BCUT2D eigenvalue weighted by atomic mass is 10.3. The first-order chi connectivity index (χ1) is 7.26. The van der Waals surface area contributed by atoms with Crippen LogP contribution in [0.5, 0.6) is 0 Å². The smallest absolute Gasteiger partial charge is 0.327 e. The number of hydrogen-bond donors (Lipinski definition) is 2. The molecule has 84 valence electrons. The van der Waals surface area contributed by atoms with Gasteiger partial charge >= 0.3 is 5.97 Å². The van der Waals surface area contributed by atoms with Crippen molar-refractivity contribution in [1.82, 2.24) is 10.5 Å². The number of hydrogen-bond acceptors (Lipinski definition) is 7. The SMILES string of the molecule is N#CC1CN(CCC(=O)ONN)CCO1. The highest BCUT2D eigenvalue weighted by atomic mass is 16.7. The maximum Gasteiger partial charge on any atom is 0.327 e. The molecular weight excluding hydrogens is 200 g/mol. The monoisotopic (exact) mass is 214 g/mol. The van der Waals surface area contributed by atoms with Crippen LogP contribution in [0.15, 0.2) is 0 Å². The highest BCUT2D eigenvalue weighted by Gasteiger charge is 2.20. The Labute approximate surface area is 87.6 Å². The summed E-state index contributed by atoms with van der Waals surface area (Å²) in [6.45, 7) is 2.31. The number of hydrazine groups is 1. The topological polar surface area (TPSA) is 101 Å². The van der Waals surface area contributed by atoms with Crippen molar-refractivity contribution >= 4 is 5.97 Å². The molecule has 0 radical (unpaired) electrons. The Hall–Kier alpha value is -1.20. The van der Waals surface area contributed by atoms with Crippen LogP contribution in [0, 0.1) is 11.3 Å². The third kappa shape index (κ3) is 4.22. The number of morpholine rings is 1. The summed E-state index contributed by atoms with van der Waals surface area (Å²) < 4.78 is 5.16. The Balaban J connectivity index is 2.21. The van der Waals surface area contributed by atoms with E-state index in [9.17, 15) is 4.79 Å². The lowest BCUT2D eigenvalue weighted by Crippen LogP contribution is -2.42. The van der Waals surface area contributed by atoms with E-state index < -0.39 is 12.1 Å². The molecule has 0 spiro atoms. The maximum absolute atomic E-state index is 10.9. The van der Waals surface area contributed by atoms with Gasteiger partial charge in [0.2, 0.25) is 0 Å². The quantitative estimate of drug-likeness (QED) is 0.435. The van der Waals surface area contributed by atoms with E-state index >= 15 is 0 Å². The van der Waals surface area contributed by atoms with Gasteiger partial charge in [-0.3, -0.25) is 9.69 Å². The molecule has 0 bridgehead atoms. The van der Waals surface area contributed by atoms with Gasteiger partial charge in [-0.1, -0.05) is 5.59 Å². The number of nitrogens with zero attached hydrogens (tertiary/aromatic N) is 2. The molecule has 1 aliphatic rings. The second-order valence-electron chi connectivity index (χ2n) is 3.13. The maximum atomic E-state index is 10.9. The molecule has 0 saturated carbocycles. The van der Waals surface area contributed by atoms with Crippen molar-refractivity contribution in [2.75, 3.05) is 26.2 Å². The minimum atomic E-state index is -0.419. The van der Waals surface area contributed by atoms with E-state index in [1.165, 1.54) is 0 Å². The first-order valence-corrected chi connectivity index (χ1v) is 4.65. The molecular formula is C8H14N4O3. The number of nitrogens with one attached hydrogen (secondary N) is 1. The zero-order chi connectivity index (χ0) is 11.1. The average molecular weight is 214 g/mol. The Morgan fingerprint density at radius 3 is 3.27 bits per heavy atom. The van der Waals surface area contributed by atoms with Crippen LogP contribution in [0.2, 0.25) is 0 Å². The molecule has 0 aromatic heterocycles. The summed E-state index contributed by atoms with van der Waals surface area (Å²) in [5, 5.41) is 8.65. The minimum absolute atomic E-state index is 0.238. The van der Waals surface area contributed by atoms with Crippen molar-refractivity contribution in [2.24, 2.45) is 5.84 Å². The summed E-state index contributed by atoms with van der Waals surface area (Å²) in [7, 11) is 0. The zero-order valence-electron chi connectivity index (χ0n) is 8.31. The molecule has 3 N–H and O–H groups in total. The van der Waals surface area contributed by atoms with Crippen LogP contribution in [0.25, 0.3) is 0 Å². The molecule has 1 atom stereocenters. The summed E-state index contributed by atoms with van der Waals surface area (Å²) in [5.74, 6) is 4.39. The predicted molar refractivity (Wildman–Crippen MR) is 49.8 cm³/mol. The van der Waals surface area contributed by atoms with E-state index in [-0.39, 0.29) is 6.42 Å². The lowest BCUT2D eigenvalue weighted by molar-refractivity contribution is -0.151. The fourth-order valence-electron chi connectivity index (χ4n) is 1.35. The second-order valence-corrected chi connectivity index (χ2v) is 3.13. The van der Waals surface area contributed by atoms with Crippen LogP contribution in [-0.2, 0) is 14.4 Å². The number of nitriles is 1. The molecule has 1 unspecified atom stereocenters. The molecule has 0 aromatic carbocycles. The van der Waals surface area contributed by atoms with E-state index in [0.29, 0.717) is 19.7 Å². The number of ether oxygens (including phenoxy) is 1. The summed E-state index contributed by atoms with van der Waals surface area (Å²) in [5.41, 5.74) is 1.83. The van der Waals surface area contributed by atoms with Crippen molar-refractivity contribution < 1.29 is 14.4 Å². The number of rotatable bonds is 4. The molecule has 7 heteroatoms. The summed E-state index contributed by atoms with van der Waals surface area (Å²) in [4.78, 5) is 17.3. The minimum Gasteiger partial charge on any atom is -0.361 e. The molecule has 1 heterocycles. The van der Waals surface area contributed by atoms with E-state index in [0.717, 1.165) is 6.54 Å². The highest BCUT2D eigenvalue weighted by molar-refractivity contribution is 5.69. The van der Waals surface area contributed by atoms with E-state index in [1.54, 1.807) is 0 Å². The van der Waals surface area contributed by atoms with Gasteiger partial charge in [-0.05, 0) is 0 Å². The van der Waals surface area contributed by atoms with Gasteiger partial charge in [0.05, 0.1) is 19.1 Å². The summed E-state index contributed by atoms with van der Waals surface area (Å²) in [6, 6.07) is 2.03. The zero-order valence-corrected chi connectivity index (χ0v) is 8.31. The number of nitrogens with two attached hydrogens (primary N) is 1. The molecule has 15 heavy (non-hydrogen) atoms. The molecule has 1 rings (SSSR count).